The summed E-state index contributed by atoms with van der Waals surface area (Å²) < 4.78 is 6.21. The van der Waals surface area contributed by atoms with E-state index < -0.39 is 29.1 Å². The smallest absolute Gasteiger partial charge is 0.543 e. The normalized spacial score (nSPS) is 12.2. The van der Waals surface area contributed by atoms with Crippen molar-refractivity contribution in [3.8, 4) is 11.8 Å². The maximum Gasteiger partial charge on any atom is 1.00 e. The molecule has 0 saturated heterocycles. The molecule has 1 aromatic carbocycles. The minimum Gasteiger partial charge on any atom is -0.543 e. The molecular weight excluding hydrogens is 391 g/mol. The van der Waals surface area contributed by atoms with Crippen molar-refractivity contribution in [1.82, 2.24) is 14.5 Å². The van der Waals surface area contributed by atoms with Gasteiger partial charge in [-0.25, -0.2) is 9.97 Å². The van der Waals surface area contributed by atoms with Crippen LogP contribution in [0, 0.1) is 11.3 Å². The molecule has 9 heteroatoms. The number of hydrogen-bond donors (Lipinski definition) is 0. The summed E-state index contributed by atoms with van der Waals surface area (Å²) in [6, 6.07) is 15.0. The molecule has 0 aliphatic carbocycles. The molecule has 31 heavy (non-hydrogen) atoms. The van der Waals surface area contributed by atoms with Gasteiger partial charge in [0, 0.05) is 25.1 Å². The molecule has 0 aliphatic rings. The number of carbonyl (C=O) groups is 1. The zero-order valence-electron chi connectivity index (χ0n) is 17.7. The van der Waals surface area contributed by atoms with E-state index in [-0.39, 0.29) is 36.1 Å². The van der Waals surface area contributed by atoms with Gasteiger partial charge in [0.05, 0.1) is 13.1 Å². The molecule has 0 bridgehead atoms. The predicted octanol–water partition coefficient (Wildman–Crippen LogP) is -1.64. The third kappa shape index (κ3) is 4.53. The standard InChI is InChI=1S/C22H20N4O4.Li/c1-13(20-25-18(22(28)29)19(30-3)21(27)26(20)2)17(14-8-5-4-6-9-14)15-10-7-11-24-16(15)12-23;/h4-11,13,17H,1-3H3,(H,28,29);/q;+1/p-1. The average molecular weight is 410 g/mol. The second-order valence-electron chi connectivity index (χ2n) is 6.73. The van der Waals surface area contributed by atoms with E-state index in [0.29, 0.717) is 5.56 Å². The zero-order valence-corrected chi connectivity index (χ0v) is 17.7. The van der Waals surface area contributed by atoms with E-state index in [0.717, 1.165) is 5.56 Å². The molecule has 0 radical (unpaired) electrons. The number of carbonyl (C=O) groups excluding carboxylic acids is 1. The van der Waals surface area contributed by atoms with E-state index in [1.54, 1.807) is 12.1 Å². The molecule has 0 fully saturated rings. The molecule has 2 unspecified atom stereocenters. The Labute approximate surface area is 191 Å². The van der Waals surface area contributed by atoms with E-state index >= 15 is 0 Å². The molecule has 0 aliphatic heterocycles. The summed E-state index contributed by atoms with van der Waals surface area (Å²) in [7, 11) is 2.70. The van der Waals surface area contributed by atoms with Crippen LogP contribution >= 0.6 is 0 Å². The van der Waals surface area contributed by atoms with Gasteiger partial charge in [-0.15, -0.1) is 0 Å². The molecular formula is C22H19LiN4O4. The van der Waals surface area contributed by atoms with Gasteiger partial charge in [0.2, 0.25) is 5.75 Å². The Hall–Kier alpha value is -3.39. The summed E-state index contributed by atoms with van der Waals surface area (Å²) in [5.41, 5.74) is 0.582. The molecule has 2 atom stereocenters. The number of nitriles is 1. The van der Waals surface area contributed by atoms with Crippen molar-refractivity contribution >= 4 is 5.97 Å². The van der Waals surface area contributed by atoms with Crippen molar-refractivity contribution in [1.29, 1.82) is 5.26 Å². The minimum atomic E-state index is -1.60. The van der Waals surface area contributed by atoms with Gasteiger partial charge in [0.25, 0.3) is 5.56 Å². The summed E-state index contributed by atoms with van der Waals surface area (Å²) in [5.74, 6) is -2.65. The van der Waals surface area contributed by atoms with Gasteiger partial charge < -0.3 is 14.6 Å². The van der Waals surface area contributed by atoms with Gasteiger partial charge >= 0.3 is 18.9 Å². The number of aromatic carboxylic acids is 1. The summed E-state index contributed by atoms with van der Waals surface area (Å²) in [4.78, 5) is 32.6. The molecule has 8 nitrogen and oxygen atoms in total. The first-order valence-corrected chi connectivity index (χ1v) is 9.16. The van der Waals surface area contributed by atoms with Crippen molar-refractivity contribution < 1.29 is 33.5 Å². The summed E-state index contributed by atoms with van der Waals surface area (Å²) >= 11 is 0. The number of rotatable bonds is 6. The zero-order chi connectivity index (χ0) is 21.8. The largest absolute Gasteiger partial charge is 1.00 e. The Morgan fingerprint density at radius 3 is 2.48 bits per heavy atom. The van der Waals surface area contributed by atoms with Crippen molar-refractivity contribution in [3.05, 3.63) is 87.4 Å². The fourth-order valence-electron chi connectivity index (χ4n) is 3.64. The van der Waals surface area contributed by atoms with E-state index in [1.165, 1.54) is 24.9 Å². The third-order valence-electron chi connectivity index (χ3n) is 5.03. The Kier molecular flexibility index (Phi) is 7.76. The molecule has 3 aromatic rings. The van der Waals surface area contributed by atoms with Crippen molar-refractivity contribution in [3.63, 3.8) is 0 Å². The van der Waals surface area contributed by atoms with Gasteiger partial charge in [0.1, 0.15) is 23.3 Å². The first-order chi connectivity index (χ1) is 14.4. The topological polar surface area (TPSA) is 121 Å². The van der Waals surface area contributed by atoms with Crippen LogP contribution in [-0.4, -0.2) is 27.6 Å². The van der Waals surface area contributed by atoms with Gasteiger partial charge in [-0.3, -0.25) is 9.36 Å². The first kappa shape index (κ1) is 23.9. The van der Waals surface area contributed by atoms with Crippen LogP contribution in [0.5, 0.6) is 5.75 Å². The monoisotopic (exact) mass is 410 g/mol. The van der Waals surface area contributed by atoms with Crippen LogP contribution in [0.3, 0.4) is 0 Å². The third-order valence-corrected chi connectivity index (χ3v) is 5.03. The Balaban J connectivity index is 0.00000341. The number of ether oxygens (including phenoxy) is 1. The fourth-order valence-corrected chi connectivity index (χ4v) is 3.64. The number of methoxy groups -OCH3 is 1. The fraction of sp³-hybridized carbons (Fsp3) is 0.227. The number of hydrogen-bond acceptors (Lipinski definition) is 7. The summed E-state index contributed by atoms with van der Waals surface area (Å²) in [6.45, 7) is 1.82. The number of pyridine rings is 1. The van der Waals surface area contributed by atoms with Crippen LogP contribution in [0.2, 0.25) is 0 Å². The van der Waals surface area contributed by atoms with Crippen LogP contribution in [0.4, 0.5) is 0 Å². The number of nitrogens with zero attached hydrogens (tertiary/aromatic N) is 4. The van der Waals surface area contributed by atoms with Crippen LogP contribution in [0.15, 0.2) is 53.5 Å². The summed E-state index contributed by atoms with van der Waals surface area (Å²) in [6.07, 6.45) is 1.53. The van der Waals surface area contributed by atoms with E-state index in [4.69, 9.17) is 4.74 Å². The number of carboxylic acid groups (broad SMARTS) is 1. The molecule has 0 saturated carbocycles. The Morgan fingerprint density at radius 2 is 1.90 bits per heavy atom. The molecule has 152 valence electrons. The van der Waals surface area contributed by atoms with Crippen molar-refractivity contribution in [2.24, 2.45) is 7.05 Å². The average Bonchev–Trinajstić information content (AvgIpc) is 2.76. The molecule has 0 amide bonds. The maximum atomic E-state index is 12.7. The van der Waals surface area contributed by atoms with Crippen LogP contribution < -0.4 is 34.3 Å². The van der Waals surface area contributed by atoms with E-state index in [9.17, 15) is 20.0 Å². The predicted molar refractivity (Wildman–Crippen MR) is 106 cm³/mol. The van der Waals surface area contributed by atoms with Gasteiger partial charge in [-0.2, -0.15) is 5.26 Å². The maximum absolute atomic E-state index is 12.7. The summed E-state index contributed by atoms with van der Waals surface area (Å²) in [5, 5.41) is 21.1. The second-order valence-corrected chi connectivity index (χ2v) is 6.73. The quantitative estimate of drug-likeness (QED) is 0.447. The SMILES string of the molecule is COc1c(C(=O)[O-])nc(C(C)C(c2ccccc2)c2cccnc2C#N)n(C)c1=O.[Li+]. The number of benzene rings is 1. The second kappa shape index (κ2) is 10.1. The molecule has 0 N–H and O–H groups in total. The van der Waals surface area contributed by atoms with Crippen molar-refractivity contribution in [2.75, 3.05) is 7.11 Å². The van der Waals surface area contributed by atoms with E-state index in [2.05, 4.69) is 16.0 Å². The first-order valence-electron chi connectivity index (χ1n) is 9.16. The van der Waals surface area contributed by atoms with Gasteiger partial charge in [0.15, 0.2) is 0 Å². The Morgan fingerprint density at radius 1 is 1.23 bits per heavy atom. The van der Waals surface area contributed by atoms with E-state index in [1.807, 2.05) is 37.3 Å². The molecule has 0 spiro atoms. The Bertz CT molecular complexity index is 1190. The minimum absolute atomic E-state index is 0. The van der Waals surface area contributed by atoms with Gasteiger partial charge in [-0.1, -0.05) is 43.3 Å². The van der Waals surface area contributed by atoms with Crippen LogP contribution in [-0.2, 0) is 7.05 Å². The van der Waals surface area contributed by atoms with Gasteiger partial charge in [-0.05, 0) is 17.2 Å². The molecule has 3 rings (SSSR count). The van der Waals surface area contributed by atoms with Crippen LogP contribution in [0.1, 0.15) is 51.9 Å². The van der Waals surface area contributed by atoms with Crippen molar-refractivity contribution in [2.45, 2.75) is 18.8 Å². The van der Waals surface area contributed by atoms with Crippen LogP contribution in [0.25, 0.3) is 0 Å². The molecule has 2 heterocycles. The molecule has 2 aromatic heterocycles. The number of aromatic nitrogens is 3. The number of carboxylic acids is 1.